The Hall–Kier alpha value is -2.66. The van der Waals surface area contributed by atoms with Crippen molar-refractivity contribution in [3.8, 4) is 5.75 Å². The molecule has 0 aliphatic carbocycles. The van der Waals surface area contributed by atoms with Gasteiger partial charge in [0.1, 0.15) is 11.3 Å². The Bertz CT molecular complexity index is 909. The van der Waals surface area contributed by atoms with Crippen LogP contribution in [0, 0.1) is 6.92 Å². The number of fused-ring (bicyclic) bond motifs is 1. The number of pyridine rings is 1. The topological polar surface area (TPSA) is 46.2 Å². The molecule has 26 heavy (non-hydrogen) atoms. The van der Waals surface area contributed by atoms with E-state index in [1.165, 1.54) is 11.1 Å². The van der Waals surface area contributed by atoms with Crippen LogP contribution in [0.5, 0.6) is 5.75 Å². The Morgan fingerprint density at radius 2 is 1.92 bits per heavy atom. The molecule has 1 atom stereocenters. The first-order chi connectivity index (χ1) is 12.6. The van der Waals surface area contributed by atoms with Crippen LogP contribution >= 0.6 is 12.2 Å². The van der Waals surface area contributed by atoms with Gasteiger partial charge in [-0.2, -0.15) is 0 Å². The van der Waals surface area contributed by atoms with Gasteiger partial charge in [0.15, 0.2) is 5.11 Å². The highest BCUT2D eigenvalue weighted by atomic mass is 32.1. The largest absolute Gasteiger partial charge is 0.494 e. The first-order valence-corrected chi connectivity index (χ1v) is 9.09. The van der Waals surface area contributed by atoms with Gasteiger partial charge < -0.3 is 15.4 Å². The van der Waals surface area contributed by atoms with E-state index in [4.69, 9.17) is 17.0 Å². The summed E-state index contributed by atoms with van der Waals surface area (Å²) in [5.74, 6) is 0.746. The zero-order valence-electron chi connectivity index (χ0n) is 15.2. The van der Waals surface area contributed by atoms with E-state index >= 15 is 0 Å². The molecule has 0 aliphatic heterocycles. The van der Waals surface area contributed by atoms with Gasteiger partial charge in [0, 0.05) is 17.3 Å². The minimum Gasteiger partial charge on any atom is -0.494 e. The van der Waals surface area contributed by atoms with Crippen molar-refractivity contribution in [2.75, 3.05) is 12.4 Å². The molecule has 1 heterocycles. The summed E-state index contributed by atoms with van der Waals surface area (Å²) < 4.78 is 5.40. The number of hydrogen-bond donors (Lipinski definition) is 2. The summed E-state index contributed by atoms with van der Waals surface area (Å²) >= 11 is 5.55. The minimum atomic E-state index is 0.165. The molecule has 0 unspecified atom stereocenters. The van der Waals surface area contributed by atoms with Gasteiger partial charge in [-0.15, -0.1) is 0 Å². The maximum absolute atomic E-state index is 5.55. The molecular weight excluding hydrogens is 342 g/mol. The van der Waals surface area contributed by atoms with Crippen molar-refractivity contribution in [1.82, 2.24) is 10.3 Å². The van der Waals surface area contributed by atoms with Gasteiger partial charge in [0.2, 0.25) is 0 Å². The van der Waals surface area contributed by atoms with E-state index in [0.29, 0.717) is 5.11 Å². The number of nitrogens with zero attached hydrogens (tertiary/aromatic N) is 1. The monoisotopic (exact) mass is 365 g/mol. The van der Waals surface area contributed by atoms with Gasteiger partial charge in [0.05, 0.1) is 13.2 Å². The van der Waals surface area contributed by atoms with Crippen molar-refractivity contribution in [3.05, 3.63) is 65.9 Å². The highest BCUT2D eigenvalue weighted by Gasteiger charge is 2.12. The number of anilines is 1. The second-order valence-corrected chi connectivity index (χ2v) is 6.59. The summed E-state index contributed by atoms with van der Waals surface area (Å²) in [6.45, 7) is 4.24. The summed E-state index contributed by atoms with van der Waals surface area (Å²) in [5, 5.41) is 8.28. The van der Waals surface area contributed by atoms with Gasteiger partial charge in [0.25, 0.3) is 0 Å². The van der Waals surface area contributed by atoms with E-state index < -0.39 is 0 Å². The van der Waals surface area contributed by atoms with E-state index in [2.05, 4.69) is 53.7 Å². The zero-order chi connectivity index (χ0) is 18.5. The number of aromatic nitrogens is 1. The molecular formula is C21H23N3OS. The van der Waals surface area contributed by atoms with E-state index in [1.54, 1.807) is 13.3 Å². The average Bonchev–Trinajstić information content (AvgIpc) is 2.67. The maximum atomic E-state index is 5.55. The van der Waals surface area contributed by atoms with Crippen LogP contribution in [0.25, 0.3) is 10.9 Å². The lowest BCUT2D eigenvalue weighted by Crippen LogP contribution is -2.32. The smallest absolute Gasteiger partial charge is 0.171 e. The van der Waals surface area contributed by atoms with Crippen LogP contribution in [-0.2, 0) is 0 Å². The highest BCUT2D eigenvalue weighted by molar-refractivity contribution is 7.80. The van der Waals surface area contributed by atoms with Crippen molar-refractivity contribution >= 4 is 33.9 Å². The van der Waals surface area contributed by atoms with Crippen LogP contribution in [-0.4, -0.2) is 17.2 Å². The quantitative estimate of drug-likeness (QED) is 0.624. The highest BCUT2D eigenvalue weighted by Crippen LogP contribution is 2.29. The van der Waals surface area contributed by atoms with Crippen molar-refractivity contribution in [1.29, 1.82) is 0 Å². The molecule has 0 spiro atoms. The van der Waals surface area contributed by atoms with E-state index in [9.17, 15) is 0 Å². The Labute approximate surface area is 159 Å². The normalized spacial score (nSPS) is 11.8. The second-order valence-electron chi connectivity index (χ2n) is 6.18. The summed E-state index contributed by atoms with van der Waals surface area (Å²) in [5.41, 5.74) is 4.20. The first kappa shape index (κ1) is 18.1. The average molecular weight is 366 g/mol. The summed E-state index contributed by atoms with van der Waals surface area (Å²) in [6, 6.07) is 16.5. The van der Waals surface area contributed by atoms with Gasteiger partial charge in [-0.1, -0.05) is 36.8 Å². The SMILES string of the molecule is CC[C@H](NC(=S)Nc1ccc(OC)c2ncccc12)c1ccc(C)cc1. The molecule has 0 saturated carbocycles. The van der Waals surface area contributed by atoms with Gasteiger partial charge in [-0.25, -0.2) is 0 Å². The van der Waals surface area contributed by atoms with Crippen LogP contribution in [0.3, 0.4) is 0 Å². The molecule has 4 nitrogen and oxygen atoms in total. The van der Waals surface area contributed by atoms with Crippen molar-refractivity contribution in [2.45, 2.75) is 26.3 Å². The summed E-state index contributed by atoms with van der Waals surface area (Å²) in [4.78, 5) is 4.42. The predicted molar refractivity (Wildman–Crippen MR) is 112 cm³/mol. The van der Waals surface area contributed by atoms with Crippen LogP contribution in [0.2, 0.25) is 0 Å². The molecule has 0 fully saturated rings. The first-order valence-electron chi connectivity index (χ1n) is 8.68. The maximum Gasteiger partial charge on any atom is 0.171 e. The number of nitrogens with one attached hydrogen (secondary N) is 2. The fraction of sp³-hybridized carbons (Fsp3) is 0.238. The molecule has 0 aliphatic rings. The molecule has 3 rings (SSSR count). The number of aryl methyl sites for hydroxylation is 1. The van der Waals surface area contributed by atoms with Crippen molar-refractivity contribution in [2.24, 2.45) is 0 Å². The fourth-order valence-corrected chi connectivity index (χ4v) is 3.21. The second kappa shape index (κ2) is 8.15. The van der Waals surface area contributed by atoms with Gasteiger partial charge in [-0.05, 0) is 55.4 Å². The van der Waals surface area contributed by atoms with Crippen LogP contribution in [0.1, 0.15) is 30.5 Å². The molecule has 0 saturated heterocycles. The van der Waals surface area contributed by atoms with E-state index in [1.807, 2.05) is 24.3 Å². The lowest BCUT2D eigenvalue weighted by Gasteiger charge is -2.21. The molecule has 0 amide bonds. The predicted octanol–water partition coefficient (Wildman–Crippen LogP) is 4.99. The number of thiocarbonyl (C=S) groups is 1. The Kier molecular flexibility index (Phi) is 5.68. The summed E-state index contributed by atoms with van der Waals surface area (Å²) in [7, 11) is 1.65. The molecule has 0 radical (unpaired) electrons. The van der Waals surface area contributed by atoms with Gasteiger partial charge in [-0.3, -0.25) is 4.98 Å². The molecule has 134 valence electrons. The number of rotatable bonds is 5. The lowest BCUT2D eigenvalue weighted by molar-refractivity contribution is 0.419. The standard InChI is InChI=1S/C21H23N3OS/c1-4-17(15-9-7-14(2)8-10-15)23-21(26)24-18-11-12-19(25-3)20-16(18)6-5-13-22-20/h5-13,17H,4H2,1-3H3,(H2,23,24,26)/t17-/m0/s1. The number of benzene rings is 2. The third-order valence-electron chi connectivity index (χ3n) is 4.39. The number of ether oxygens (including phenoxy) is 1. The molecule has 5 heteroatoms. The molecule has 1 aromatic heterocycles. The number of hydrogen-bond acceptors (Lipinski definition) is 3. The third-order valence-corrected chi connectivity index (χ3v) is 4.61. The van der Waals surface area contributed by atoms with Crippen LogP contribution in [0.4, 0.5) is 5.69 Å². The van der Waals surface area contributed by atoms with Gasteiger partial charge >= 0.3 is 0 Å². The molecule has 0 bridgehead atoms. The molecule has 2 N–H and O–H groups in total. The van der Waals surface area contributed by atoms with E-state index in [-0.39, 0.29) is 6.04 Å². The Balaban J connectivity index is 1.79. The van der Waals surface area contributed by atoms with E-state index in [0.717, 1.165) is 28.8 Å². The van der Waals surface area contributed by atoms with Crippen LogP contribution in [0.15, 0.2) is 54.7 Å². The summed E-state index contributed by atoms with van der Waals surface area (Å²) in [6.07, 6.45) is 2.70. The number of methoxy groups -OCH3 is 1. The zero-order valence-corrected chi connectivity index (χ0v) is 16.1. The minimum absolute atomic E-state index is 0.165. The third kappa shape index (κ3) is 3.94. The van der Waals surface area contributed by atoms with Crippen molar-refractivity contribution in [3.63, 3.8) is 0 Å². The Morgan fingerprint density at radius 1 is 1.15 bits per heavy atom. The Morgan fingerprint density at radius 3 is 2.62 bits per heavy atom. The molecule has 2 aromatic carbocycles. The van der Waals surface area contributed by atoms with Crippen LogP contribution < -0.4 is 15.4 Å². The molecule has 3 aromatic rings. The lowest BCUT2D eigenvalue weighted by atomic mass is 10.0. The van der Waals surface area contributed by atoms with Crippen molar-refractivity contribution < 1.29 is 4.74 Å². The fourth-order valence-electron chi connectivity index (χ4n) is 2.96.